The lowest BCUT2D eigenvalue weighted by atomic mass is 10.1. The van der Waals surface area contributed by atoms with Gasteiger partial charge in [0.2, 0.25) is 11.6 Å². The van der Waals surface area contributed by atoms with Crippen LogP contribution in [0.4, 0.5) is 4.39 Å². The van der Waals surface area contributed by atoms with Crippen LogP contribution in [-0.2, 0) is 13.0 Å². The van der Waals surface area contributed by atoms with Crippen LogP contribution >= 0.6 is 24.0 Å². The van der Waals surface area contributed by atoms with Crippen molar-refractivity contribution < 1.29 is 18.6 Å². The Bertz CT molecular complexity index is 1010. The van der Waals surface area contributed by atoms with Crippen molar-refractivity contribution in [1.82, 2.24) is 15.6 Å². The van der Waals surface area contributed by atoms with E-state index >= 15 is 0 Å². The molecule has 0 radical (unpaired) electrons. The van der Waals surface area contributed by atoms with Crippen LogP contribution in [0.3, 0.4) is 0 Å². The molecule has 7 nitrogen and oxygen atoms in total. The van der Waals surface area contributed by atoms with Crippen molar-refractivity contribution in [2.45, 2.75) is 13.0 Å². The molecule has 1 heterocycles. The Morgan fingerprint density at radius 3 is 2.18 bits per heavy atom. The Balaban J connectivity index is 0.00000385. The first kappa shape index (κ1) is 26.2. The summed E-state index contributed by atoms with van der Waals surface area (Å²) in [6, 6.07) is 15.6. The Morgan fingerprint density at radius 2 is 1.61 bits per heavy atom. The highest BCUT2D eigenvalue weighted by Crippen LogP contribution is 2.39. The molecule has 0 aliphatic heterocycles. The van der Waals surface area contributed by atoms with Crippen LogP contribution in [0.15, 0.2) is 65.8 Å². The number of guanidine groups is 1. The smallest absolute Gasteiger partial charge is 0.219 e. The van der Waals surface area contributed by atoms with Crippen LogP contribution in [0.1, 0.15) is 11.1 Å². The zero-order valence-electron chi connectivity index (χ0n) is 18.8. The molecule has 3 aromatic rings. The summed E-state index contributed by atoms with van der Waals surface area (Å²) in [5.41, 5.74) is 2.02. The minimum atomic E-state index is -0.230. The SMILES string of the molecule is CN=C(NCCc1ccc(F)cc1)NCc1ccc(Oc2c(OC)cccc2OC)nc1.I. The van der Waals surface area contributed by atoms with E-state index in [1.807, 2.05) is 12.1 Å². The second-order valence-electron chi connectivity index (χ2n) is 6.83. The minimum absolute atomic E-state index is 0. The van der Waals surface area contributed by atoms with Gasteiger partial charge < -0.3 is 24.8 Å². The quantitative estimate of drug-likeness (QED) is 0.225. The van der Waals surface area contributed by atoms with Gasteiger partial charge in [-0.25, -0.2) is 9.37 Å². The number of methoxy groups -OCH3 is 2. The molecule has 0 saturated carbocycles. The highest BCUT2D eigenvalue weighted by atomic mass is 127. The normalized spacial score (nSPS) is 10.7. The molecule has 3 rings (SSSR count). The Kier molecular flexibility index (Phi) is 10.7. The van der Waals surface area contributed by atoms with E-state index in [9.17, 15) is 4.39 Å². The first-order valence-corrected chi connectivity index (χ1v) is 10.2. The number of ether oxygens (including phenoxy) is 3. The van der Waals surface area contributed by atoms with Crippen LogP contribution in [0.5, 0.6) is 23.1 Å². The number of nitrogens with zero attached hydrogens (tertiary/aromatic N) is 2. The summed E-state index contributed by atoms with van der Waals surface area (Å²) in [5.74, 6) is 2.47. The molecule has 0 aliphatic carbocycles. The number of rotatable bonds is 9. The zero-order chi connectivity index (χ0) is 22.8. The number of aromatic nitrogens is 1. The third-order valence-electron chi connectivity index (χ3n) is 4.69. The predicted octanol–water partition coefficient (Wildman–Crippen LogP) is 4.56. The molecule has 0 atom stereocenters. The molecule has 0 aliphatic rings. The molecule has 0 bridgehead atoms. The number of aliphatic imine (C=N–C) groups is 1. The lowest BCUT2D eigenvalue weighted by Gasteiger charge is -2.14. The highest BCUT2D eigenvalue weighted by Gasteiger charge is 2.13. The van der Waals surface area contributed by atoms with Gasteiger partial charge in [0.05, 0.1) is 14.2 Å². The average molecular weight is 566 g/mol. The number of pyridine rings is 1. The van der Waals surface area contributed by atoms with Gasteiger partial charge in [0.15, 0.2) is 17.5 Å². The molecule has 0 fully saturated rings. The van der Waals surface area contributed by atoms with Crippen LogP contribution in [0.2, 0.25) is 0 Å². The molecule has 0 spiro atoms. The summed E-state index contributed by atoms with van der Waals surface area (Å²) in [5, 5.41) is 6.49. The standard InChI is InChI=1S/C24H27FN4O3.HI/c1-26-24(27-14-13-17-7-10-19(25)11-8-17)29-16-18-9-12-22(28-15-18)32-23-20(30-2)5-4-6-21(23)31-3;/h4-12,15H,13-14,16H2,1-3H3,(H2,26,27,29);1H. The highest BCUT2D eigenvalue weighted by molar-refractivity contribution is 14.0. The first-order chi connectivity index (χ1) is 15.6. The summed E-state index contributed by atoms with van der Waals surface area (Å²) < 4.78 is 29.6. The van der Waals surface area contributed by atoms with Crippen molar-refractivity contribution in [2.24, 2.45) is 4.99 Å². The Hall–Kier alpha value is -3.08. The summed E-state index contributed by atoms with van der Waals surface area (Å²) in [6.45, 7) is 1.22. The summed E-state index contributed by atoms with van der Waals surface area (Å²) in [7, 11) is 4.86. The minimum Gasteiger partial charge on any atom is -0.493 e. The molecule has 176 valence electrons. The number of halogens is 2. The van der Waals surface area contributed by atoms with Gasteiger partial charge in [-0.05, 0) is 41.8 Å². The maximum Gasteiger partial charge on any atom is 0.219 e. The van der Waals surface area contributed by atoms with Gasteiger partial charge in [0.25, 0.3) is 0 Å². The van der Waals surface area contributed by atoms with Gasteiger partial charge in [0, 0.05) is 32.4 Å². The van der Waals surface area contributed by atoms with Gasteiger partial charge in [-0.15, -0.1) is 24.0 Å². The van der Waals surface area contributed by atoms with Crippen LogP contribution in [-0.4, -0.2) is 38.8 Å². The second kappa shape index (κ2) is 13.5. The van der Waals surface area contributed by atoms with Gasteiger partial charge in [0.1, 0.15) is 5.82 Å². The van der Waals surface area contributed by atoms with E-state index in [0.717, 1.165) is 17.5 Å². The van der Waals surface area contributed by atoms with Crippen LogP contribution in [0, 0.1) is 5.82 Å². The predicted molar refractivity (Wildman–Crippen MR) is 138 cm³/mol. The topological polar surface area (TPSA) is 77.0 Å². The number of hydrogen-bond donors (Lipinski definition) is 2. The van der Waals surface area contributed by atoms with E-state index in [0.29, 0.717) is 42.2 Å². The molecule has 9 heteroatoms. The van der Waals surface area contributed by atoms with Gasteiger partial charge in [-0.1, -0.05) is 24.3 Å². The number of benzene rings is 2. The van der Waals surface area contributed by atoms with Gasteiger partial charge in [-0.2, -0.15) is 0 Å². The molecular formula is C24H28FIN4O3. The summed E-state index contributed by atoms with van der Waals surface area (Å²) in [4.78, 5) is 8.59. The molecule has 0 amide bonds. The van der Waals surface area contributed by atoms with E-state index in [-0.39, 0.29) is 29.8 Å². The van der Waals surface area contributed by atoms with E-state index in [2.05, 4.69) is 20.6 Å². The van der Waals surface area contributed by atoms with Crippen LogP contribution in [0.25, 0.3) is 0 Å². The number of hydrogen-bond acceptors (Lipinski definition) is 5. The van der Waals surface area contributed by atoms with E-state index < -0.39 is 0 Å². The van der Waals surface area contributed by atoms with Gasteiger partial charge >= 0.3 is 0 Å². The Labute approximate surface area is 210 Å². The monoisotopic (exact) mass is 566 g/mol. The Morgan fingerprint density at radius 1 is 0.939 bits per heavy atom. The van der Waals surface area contributed by atoms with Crippen molar-refractivity contribution >= 4 is 29.9 Å². The first-order valence-electron chi connectivity index (χ1n) is 10.2. The number of nitrogens with one attached hydrogen (secondary N) is 2. The fourth-order valence-corrected chi connectivity index (χ4v) is 2.98. The van der Waals surface area contributed by atoms with Crippen molar-refractivity contribution in [3.63, 3.8) is 0 Å². The summed E-state index contributed by atoms with van der Waals surface area (Å²) >= 11 is 0. The van der Waals surface area contributed by atoms with E-state index in [1.54, 1.807) is 57.8 Å². The average Bonchev–Trinajstić information content (AvgIpc) is 2.83. The molecular weight excluding hydrogens is 538 g/mol. The molecule has 2 N–H and O–H groups in total. The van der Waals surface area contributed by atoms with Crippen molar-refractivity contribution in [2.75, 3.05) is 27.8 Å². The lowest BCUT2D eigenvalue weighted by Crippen LogP contribution is -2.37. The van der Waals surface area contributed by atoms with Crippen LogP contribution < -0.4 is 24.8 Å². The fourth-order valence-electron chi connectivity index (χ4n) is 2.98. The molecule has 33 heavy (non-hydrogen) atoms. The maximum atomic E-state index is 13.0. The number of para-hydroxylation sites is 1. The molecule has 2 aromatic carbocycles. The third kappa shape index (κ3) is 7.77. The van der Waals surface area contributed by atoms with Gasteiger partial charge in [-0.3, -0.25) is 4.99 Å². The van der Waals surface area contributed by atoms with Crippen molar-refractivity contribution in [3.8, 4) is 23.1 Å². The van der Waals surface area contributed by atoms with Crippen molar-refractivity contribution in [1.29, 1.82) is 0 Å². The second-order valence-corrected chi connectivity index (χ2v) is 6.83. The van der Waals surface area contributed by atoms with E-state index in [4.69, 9.17) is 14.2 Å². The van der Waals surface area contributed by atoms with E-state index in [1.165, 1.54) is 12.1 Å². The third-order valence-corrected chi connectivity index (χ3v) is 4.69. The lowest BCUT2D eigenvalue weighted by molar-refractivity contribution is 0.342. The summed E-state index contributed by atoms with van der Waals surface area (Å²) in [6.07, 6.45) is 2.50. The largest absolute Gasteiger partial charge is 0.493 e. The molecule has 0 unspecified atom stereocenters. The maximum absolute atomic E-state index is 13.0. The zero-order valence-corrected chi connectivity index (χ0v) is 21.1. The molecule has 0 saturated heterocycles. The molecule has 1 aromatic heterocycles. The fraction of sp³-hybridized carbons (Fsp3) is 0.250. The van der Waals surface area contributed by atoms with Crippen molar-refractivity contribution in [3.05, 3.63) is 77.7 Å².